The molecule has 0 aliphatic rings. The highest BCUT2D eigenvalue weighted by Gasteiger charge is 2.12. The standard InChI is InChI=1S/C36H46N2O6/c1-3-5-6-7-8-9-10-11-12-13-15-28-26-37-34(38-27-28)29-17-19-31(20-18-29)36(41)44-32-23-21-30(22-24-32)35(40)43-25-14-16-33(39)42-4-2/h17-24,26-27H,3-16,25H2,1-2H3. The Balaban J connectivity index is 1.37. The van der Waals surface area contributed by atoms with E-state index in [9.17, 15) is 14.4 Å². The molecule has 236 valence electrons. The number of carbonyl (C=O) groups excluding carboxylic acids is 3. The lowest BCUT2D eigenvalue weighted by atomic mass is 10.0. The molecule has 0 fully saturated rings. The van der Waals surface area contributed by atoms with Crippen LogP contribution in [0.4, 0.5) is 0 Å². The molecule has 0 N–H and O–H groups in total. The van der Waals surface area contributed by atoms with Crippen molar-refractivity contribution in [2.75, 3.05) is 13.2 Å². The first-order valence-corrected chi connectivity index (χ1v) is 16.1. The second-order valence-electron chi connectivity index (χ2n) is 10.9. The summed E-state index contributed by atoms with van der Waals surface area (Å²) in [5.41, 5.74) is 2.66. The van der Waals surface area contributed by atoms with Crippen molar-refractivity contribution in [2.24, 2.45) is 0 Å². The maximum Gasteiger partial charge on any atom is 0.343 e. The van der Waals surface area contributed by atoms with Crippen LogP contribution in [0, 0.1) is 0 Å². The smallest absolute Gasteiger partial charge is 0.343 e. The zero-order valence-corrected chi connectivity index (χ0v) is 26.2. The first-order chi connectivity index (χ1) is 21.5. The van der Waals surface area contributed by atoms with Gasteiger partial charge in [-0.1, -0.05) is 76.8 Å². The fourth-order valence-corrected chi connectivity index (χ4v) is 4.73. The summed E-state index contributed by atoms with van der Waals surface area (Å²) < 4.78 is 15.5. The number of aryl methyl sites for hydroxylation is 1. The van der Waals surface area contributed by atoms with Crippen molar-refractivity contribution in [2.45, 2.75) is 97.3 Å². The number of hydrogen-bond donors (Lipinski definition) is 0. The first kappa shape index (κ1) is 34.4. The number of benzene rings is 2. The maximum absolute atomic E-state index is 12.7. The molecule has 3 aromatic rings. The second kappa shape index (κ2) is 20.0. The zero-order valence-electron chi connectivity index (χ0n) is 26.2. The molecule has 0 atom stereocenters. The van der Waals surface area contributed by atoms with E-state index < -0.39 is 11.9 Å². The number of carbonyl (C=O) groups is 3. The minimum absolute atomic E-state index is 0.110. The number of rotatable bonds is 20. The average Bonchev–Trinajstić information content (AvgIpc) is 3.05. The molecule has 8 nitrogen and oxygen atoms in total. The number of unbranched alkanes of at least 4 members (excludes halogenated alkanes) is 9. The fourth-order valence-electron chi connectivity index (χ4n) is 4.73. The van der Waals surface area contributed by atoms with E-state index in [1.54, 1.807) is 31.2 Å². The van der Waals surface area contributed by atoms with Crippen LogP contribution in [0.1, 0.15) is 117 Å². The highest BCUT2D eigenvalue weighted by atomic mass is 16.5. The van der Waals surface area contributed by atoms with Crippen molar-refractivity contribution in [1.82, 2.24) is 9.97 Å². The third-order valence-electron chi connectivity index (χ3n) is 7.27. The van der Waals surface area contributed by atoms with Crippen LogP contribution in [0.25, 0.3) is 11.4 Å². The zero-order chi connectivity index (χ0) is 31.4. The van der Waals surface area contributed by atoms with Crippen LogP contribution in [-0.2, 0) is 20.7 Å². The molecule has 1 aromatic heterocycles. The molecule has 0 bridgehead atoms. The monoisotopic (exact) mass is 602 g/mol. The van der Waals surface area contributed by atoms with E-state index in [2.05, 4.69) is 16.9 Å². The number of hydrogen-bond acceptors (Lipinski definition) is 8. The topological polar surface area (TPSA) is 105 Å². The number of esters is 3. The van der Waals surface area contributed by atoms with Crippen LogP contribution < -0.4 is 4.74 Å². The van der Waals surface area contributed by atoms with Gasteiger partial charge in [-0.05, 0) is 68.1 Å². The van der Waals surface area contributed by atoms with Gasteiger partial charge < -0.3 is 14.2 Å². The van der Waals surface area contributed by atoms with Crippen LogP contribution in [0.15, 0.2) is 60.9 Å². The molecule has 0 saturated carbocycles. The molecule has 0 saturated heterocycles. The Morgan fingerprint density at radius 3 is 1.82 bits per heavy atom. The van der Waals surface area contributed by atoms with Crippen LogP contribution in [0.2, 0.25) is 0 Å². The van der Waals surface area contributed by atoms with Gasteiger partial charge in [0.05, 0.1) is 24.3 Å². The summed E-state index contributed by atoms with van der Waals surface area (Å²) >= 11 is 0. The fraction of sp³-hybridized carbons (Fsp3) is 0.472. The molecule has 44 heavy (non-hydrogen) atoms. The van der Waals surface area contributed by atoms with Gasteiger partial charge in [-0.2, -0.15) is 0 Å². The first-order valence-electron chi connectivity index (χ1n) is 16.1. The van der Waals surface area contributed by atoms with Gasteiger partial charge in [-0.15, -0.1) is 0 Å². The molecule has 0 aliphatic carbocycles. The van der Waals surface area contributed by atoms with E-state index in [4.69, 9.17) is 14.2 Å². The van der Waals surface area contributed by atoms with Crippen LogP contribution in [0.3, 0.4) is 0 Å². The molecule has 0 amide bonds. The molecule has 2 aromatic carbocycles. The summed E-state index contributed by atoms with van der Waals surface area (Å²) in [5, 5.41) is 0. The second-order valence-corrected chi connectivity index (χ2v) is 10.9. The summed E-state index contributed by atoms with van der Waals surface area (Å²) in [6.45, 7) is 4.43. The molecule has 1 heterocycles. The Labute approximate surface area is 261 Å². The molecular formula is C36H46N2O6. The predicted octanol–water partition coefficient (Wildman–Crippen LogP) is 8.33. The van der Waals surface area contributed by atoms with E-state index in [0.29, 0.717) is 35.7 Å². The Morgan fingerprint density at radius 2 is 1.20 bits per heavy atom. The van der Waals surface area contributed by atoms with Crippen molar-refractivity contribution in [1.29, 1.82) is 0 Å². The summed E-state index contributed by atoms with van der Waals surface area (Å²) in [4.78, 5) is 45.3. The molecule has 3 rings (SSSR count). The van der Waals surface area contributed by atoms with Gasteiger partial charge in [-0.25, -0.2) is 19.6 Å². The largest absolute Gasteiger partial charge is 0.466 e. The average molecular weight is 603 g/mol. The Bertz CT molecular complexity index is 1270. The van der Waals surface area contributed by atoms with Gasteiger partial charge in [0.1, 0.15) is 5.75 Å². The van der Waals surface area contributed by atoms with Crippen molar-refractivity contribution in [3.05, 3.63) is 77.6 Å². The van der Waals surface area contributed by atoms with Gasteiger partial charge in [0.15, 0.2) is 5.82 Å². The highest BCUT2D eigenvalue weighted by molar-refractivity contribution is 5.92. The lowest BCUT2D eigenvalue weighted by Gasteiger charge is -2.07. The summed E-state index contributed by atoms with van der Waals surface area (Å²) in [6.07, 6.45) is 18.5. The minimum atomic E-state index is -0.517. The SMILES string of the molecule is CCCCCCCCCCCCc1cnc(-c2ccc(C(=O)Oc3ccc(C(=O)OCCCC(=O)OCC)cc3)cc2)nc1. The third kappa shape index (κ3) is 12.7. The molecule has 0 radical (unpaired) electrons. The van der Waals surface area contributed by atoms with Crippen LogP contribution in [-0.4, -0.2) is 41.1 Å². The Hall–Kier alpha value is -4.07. The van der Waals surface area contributed by atoms with Gasteiger partial charge in [0, 0.05) is 24.4 Å². The van der Waals surface area contributed by atoms with E-state index >= 15 is 0 Å². The normalized spacial score (nSPS) is 10.8. The van der Waals surface area contributed by atoms with Crippen LogP contribution >= 0.6 is 0 Å². The lowest BCUT2D eigenvalue weighted by molar-refractivity contribution is -0.143. The molecular weight excluding hydrogens is 556 g/mol. The Morgan fingerprint density at radius 1 is 0.636 bits per heavy atom. The summed E-state index contributed by atoms with van der Waals surface area (Å²) in [5.74, 6) is -0.435. The van der Waals surface area contributed by atoms with Crippen molar-refractivity contribution < 1.29 is 28.6 Å². The van der Waals surface area contributed by atoms with Crippen molar-refractivity contribution >= 4 is 17.9 Å². The Kier molecular flexibility index (Phi) is 15.6. The van der Waals surface area contributed by atoms with Crippen molar-refractivity contribution in [3.63, 3.8) is 0 Å². The van der Waals surface area contributed by atoms with E-state index in [-0.39, 0.29) is 19.0 Å². The predicted molar refractivity (Wildman–Crippen MR) is 171 cm³/mol. The highest BCUT2D eigenvalue weighted by Crippen LogP contribution is 2.19. The van der Waals surface area contributed by atoms with Gasteiger partial charge in [0.25, 0.3) is 0 Å². The number of ether oxygens (including phenoxy) is 3. The van der Waals surface area contributed by atoms with Crippen molar-refractivity contribution in [3.8, 4) is 17.1 Å². The van der Waals surface area contributed by atoms with E-state index in [0.717, 1.165) is 24.0 Å². The molecule has 8 heteroatoms. The third-order valence-corrected chi connectivity index (χ3v) is 7.27. The summed E-state index contributed by atoms with van der Waals surface area (Å²) in [7, 11) is 0. The van der Waals surface area contributed by atoms with Crippen LogP contribution in [0.5, 0.6) is 5.75 Å². The number of aromatic nitrogens is 2. The molecule has 0 unspecified atom stereocenters. The van der Waals surface area contributed by atoms with Gasteiger partial charge in [-0.3, -0.25) is 4.79 Å². The molecule has 0 spiro atoms. The quantitative estimate of drug-likeness (QED) is 0.0722. The summed E-state index contributed by atoms with van der Waals surface area (Å²) in [6, 6.07) is 13.1. The van der Waals surface area contributed by atoms with E-state index in [1.807, 2.05) is 12.4 Å². The number of nitrogens with zero attached hydrogens (tertiary/aromatic N) is 2. The molecule has 0 aliphatic heterocycles. The van der Waals surface area contributed by atoms with E-state index in [1.165, 1.54) is 82.1 Å². The van der Waals surface area contributed by atoms with Gasteiger partial charge >= 0.3 is 17.9 Å². The minimum Gasteiger partial charge on any atom is -0.466 e. The van der Waals surface area contributed by atoms with Gasteiger partial charge in [0.2, 0.25) is 0 Å². The maximum atomic E-state index is 12.7. The lowest BCUT2D eigenvalue weighted by Crippen LogP contribution is -2.10.